The average molecular weight is 637 g/mol. The van der Waals surface area contributed by atoms with Crippen molar-refractivity contribution in [2.24, 2.45) is 0 Å². The van der Waals surface area contributed by atoms with Crippen molar-refractivity contribution >= 4 is 11.9 Å². The zero-order valence-corrected chi connectivity index (χ0v) is 28.6. The van der Waals surface area contributed by atoms with E-state index in [2.05, 4.69) is 34.9 Å². The fourth-order valence-corrected chi connectivity index (χ4v) is 6.69. The molecule has 0 radical (unpaired) electrons. The van der Waals surface area contributed by atoms with Crippen LogP contribution in [0, 0.1) is 0 Å². The molecule has 2 atom stereocenters. The zero-order valence-electron chi connectivity index (χ0n) is 28.6. The van der Waals surface area contributed by atoms with Crippen LogP contribution in [0.2, 0.25) is 0 Å². The highest BCUT2D eigenvalue weighted by Gasteiger charge is 2.15. The Balaban J connectivity index is 0.000000250. The molecule has 4 N–H and O–H groups in total. The lowest BCUT2D eigenvalue weighted by molar-refractivity contribution is -0.140. The molecule has 256 valence electrons. The average Bonchev–Trinajstić information content (AvgIpc) is 3.07. The predicted octanol–water partition coefficient (Wildman–Crippen LogP) is 7.03. The SMILES string of the molecule is CNC(CCCCCCCc1ccc2c(n1)CCCC2)C(=O)O.CNC(CCCCCCCc1ccc2c(n1)CCCC2)C(=O)O. The summed E-state index contributed by atoms with van der Waals surface area (Å²) in [4.78, 5) is 31.4. The summed E-state index contributed by atoms with van der Waals surface area (Å²) in [6.07, 6.45) is 24.8. The van der Waals surface area contributed by atoms with Gasteiger partial charge >= 0.3 is 11.9 Å². The lowest BCUT2D eigenvalue weighted by atomic mass is 9.95. The van der Waals surface area contributed by atoms with E-state index in [1.165, 1.54) is 111 Å². The number of aromatic nitrogens is 2. The first-order valence-electron chi connectivity index (χ1n) is 18.2. The zero-order chi connectivity index (χ0) is 33.0. The highest BCUT2D eigenvalue weighted by atomic mass is 16.4. The van der Waals surface area contributed by atoms with Crippen LogP contribution >= 0.6 is 0 Å². The summed E-state index contributed by atoms with van der Waals surface area (Å²) in [5, 5.41) is 23.6. The van der Waals surface area contributed by atoms with Crippen molar-refractivity contribution in [1.82, 2.24) is 20.6 Å². The van der Waals surface area contributed by atoms with Crippen LogP contribution in [0.15, 0.2) is 24.3 Å². The minimum Gasteiger partial charge on any atom is -0.480 e. The minimum atomic E-state index is -0.744. The number of fused-ring (bicyclic) bond motifs is 2. The van der Waals surface area contributed by atoms with Gasteiger partial charge in [-0.1, -0.05) is 63.5 Å². The predicted molar refractivity (Wildman–Crippen MR) is 186 cm³/mol. The number of rotatable bonds is 20. The number of unbranched alkanes of at least 4 members (excludes halogenated alkanes) is 8. The Hall–Kier alpha value is -2.84. The number of aryl methyl sites for hydroxylation is 6. The van der Waals surface area contributed by atoms with Gasteiger partial charge in [-0.05, 0) is 127 Å². The topological polar surface area (TPSA) is 124 Å². The highest BCUT2D eigenvalue weighted by Crippen LogP contribution is 2.22. The molecule has 0 amide bonds. The molecule has 2 heterocycles. The quantitative estimate of drug-likeness (QED) is 0.114. The van der Waals surface area contributed by atoms with Gasteiger partial charge in [0.2, 0.25) is 0 Å². The number of carboxylic acids is 2. The summed E-state index contributed by atoms with van der Waals surface area (Å²) in [5.74, 6) is -1.49. The van der Waals surface area contributed by atoms with Crippen LogP contribution in [-0.2, 0) is 48.1 Å². The molecule has 4 rings (SSSR count). The monoisotopic (exact) mass is 636 g/mol. The molecule has 0 saturated heterocycles. The first-order chi connectivity index (χ1) is 22.4. The van der Waals surface area contributed by atoms with Gasteiger partial charge in [0.05, 0.1) is 0 Å². The van der Waals surface area contributed by atoms with Gasteiger partial charge in [0.1, 0.15) is 12.1 Å². The van der Waals surface area contributed by atoms with Crippen LogP contribution < -0.4 is 10.6 Å². The maximum atomic E-state index is 10.9. The summed E-state index contributed by atoms with van der Waals surface area (Å²) in [5.41, 5.74) is 8.06. The Morgan fingerprint density at radius 1 is 0.587 bits per heavy atom. The second-order valence-electron chi connectivity index (χ2n) is 13.2. The molecule has 2 aromatic heterocycles. The van der Waals surface area contributed by atoms with Gasteiger partial charge in [-0.2, -0.15) is 0 Å². The van der Waals surface area contributed by atoms with E-state index in [1.807, 2.05) is 0 Å². The third-order valence-electron chi connectivity index (χ3n) is 9.62. The molecule has 0 fully saturated rings. The van der Waals surface area contributed by atoms with Gasteiger partial charge in [-0.3, -0.25) is 19.6 Å². The normalized spacial score (nSPS) is 15.2. The maximum absolute atomic E-state index is 10.9. The maximum Gasteiger partial charge on any atom is 0.320 e. The van der Waals surface area contributed by atoms with Gasteiger partial charge in [0.25, 0.3) is 0 Å². The Labute approximate surface area is 277 Å². The Morgan fingerprint density at radius 3 is 1.35 bits per heavy atom. The second-order valence-corrected chi connectivity index (χ2v) is 13.2. The summed E-state index contributed by atoms with van der Waals surface area (Å²) in [7, 11) is 3.43. The molecule has 2 aliphatic carbocycles. The van der Waals surface area contributed by atoms with E-state index >= 15 is 0 Å². The van der Waals surface area contributed by atoms with E-state index in [4.69, 9.17) is 20.2 Å². The minimum absolute atomic E-state index is 0.394. The smallest absolute Gasteiger partial charge is 0.320 e. The molecule has 46 heavy (non-hydrogen) atoms. The third kappa shape index (κ3) is 13.9. The van der Waals surface area contributed by atoms with E-state index in [0.29, 0.717) is 0 Å². The highest BCUT2D eigenvalue weighted by molar-refractivity contribution is 5.73. The van der Waals surface area contributed by atoms with Gasteiger partial charge in [0, 0.05) is 22.8 Å². The van der Waals surface area contributed by atoms with Gasteiger partial charge in [-0.25, -0.2) is 0 Å². The fourth-order valence-electron chi connectivity index (χ4n) is 6.69. The van der Waals surface area contributed by atoms with Crippen LogP contribution in [0.3, 0.4) is 0 Å². The molecule has 2 aromatic rings. The number of pyridine rings is 2. The fraction of sp³-hybridized carbons (Fsp3) is 0.684. The first kappa shape index (κ1) is 37.6. The van der Waals surface area contributed by atoms with Crippen LogP contribution in [0.25, 0.3) is 0 Å². The van der Waals surface area contributed by atoms with Crippen molar-refractivity contribution < 1.29 is 19.8 Å². The summed E-state index contributed by atoms with van der Waals surface area (Å²) >= 11 is 0. The number of nitrogens with zero attached hydrogens (tertiary/aromatic N) is 2. The molecule has 0 spiro atoms. The molecule has 0 aliphatic heterocycles. The van der Waals surface area contributed by atoms with Gasteiger partial charge in [0.15, 0.2) is 0 Å². The third-order valence-corrected chi connectivity index (χ3v) is 9.62. The van der Waals surface area contributed by atoms with Crippen molar-refractivity contribution in [3.05, 3.63) is 58.2 Å². The van der Waals surface area contributed by atoms with E-state index in [1.54, 1.807) is 14.1 Å². The largest absolute Gasteiger partial charge is 0.480 e. The summed E-state index contributed by atoms with van der Waals surface area (Å²) in [6, 6.07) is 8.17. The number of hydrogen-bond acceptors (Lipinski definition) is 6. The van der Waals surface area contributed by atoms with Gasteiger partial charge < -0.3 is 20.8 Å². The van der Waals surface area contributed by atoms with Crippen LogP contribution in [0.5, 0.6) is 0 Å². The second kappa shape index (κ2) is 21.9. The lowest BCUT2D eigenvalue weighted by Crippen LogP contribution is -2.33. The molecular formula is C38H60N4O4. The number of nitrogens with one attached hydrogen (secondary N) is 2. The molecule has 2 aliphatic rings. The Kier molecular flexibility index (Phi) is 17.9. The molecule has 8 heteroatoms. The molecule has 2 unspecified atom stereocenters. The number of aliphatic carboxylic acids is 2. The van der Waals surface area contributed by atoms with Crippen LogP contribution in [0.1, 0.15) is 137 Å². The molecule has 0 saturated carbocycles. The standard InChI is InChI=1S/2C19H30N2O2/c2*1-20-18(19(22)23)12-6-4-2-3-5-10-16-14-13-15-9-7-8-11-17(15)21-16/h2*13-14,18,20H,2-12H2,1H3,(H,22,23). The Bertz CT molecular complexity index is 1100. The van der Waals surface area contributed by atoms with E-state index < -0.39 is 24.0 Å². The van der Waals surface area contributed by atoms with E-state index in [-0.39, 0.29) is 0 Å². The van der Waals surface area contributed by atoms with Crippen molar-refractivity contribution in [2.45, 2.75) is 153 Å². The van der Waals surface area contributed by atoms with Crippen LogP contribution in [0.4, 0.5) is 0 Å². The van der Waals surface area contributed by atoms with Crippen molar-refractivity contribution in [1.29, 1.82) is 0 Å². The van der Waals surface area contributed by atoms with Crippen LogP contribution in [-0.4, -0.2) is 58.3 Å². The van der Waals surface area contributed by atoms with E-state index in [0.717, 1.165) is 64.2 Å². The van der Waals surface area contributed by atoms with Gasteiger partial charge in [-0.15, -0.1) is 0 Å². The molecular weight excluding hydrogens is 576 g/mol. The first-order valence-corrected chi connectivity index (χ1v) is 18.2. The van der Waals surface area contributed by atoms with Crippen molar-refractivity contribution in [3.8, 4) is 0 Å². The molecule has 8 nitrogen and oxygen atoms in total. The van der Waals surface area contributed by atoms with Crippen molar-refractivity contribution in [3.63, 3.8) is 0 Å². The lowest BCUT2D eigenvalue weighted by Gasteiger charge is -2.15. The number of carboxylic acid groups (broad SMARTS) is 2. The van der Waals surface area contributed by atoms with Crippen molar-refractivity contribution in [2.75, 3.05) is 14.1 Å². The summed E-state index contributed by atoms with van der Waals surface area (Å²) in [6.45, 7) is 0. The Morgan fingerprint density at radius 2 is 0.957 bits per heavy atom. The molecule has 0 aromatic carbocycles. The number of hydrogen-bond donors (Lipinski definition) is 4. The summed E-state index contributed by atoms with van der Waals surface area (Å²) < 4.78 is 0. The molecule has 0 bridgehead atoms. The van der Waals surface area contributed by atoms with E-state index in [9.17, 15) is 9.59 Å². The number of likely N-dealkylation sites (N-methyl/N-ethyl adjacent to an activating group) is 2. The number of carbonyl (C=O) groups is 2.